The van der Waals surface area contributed by atoms with Gasteiger partial charge >= 0.3 is 5.97 Å². The third kappa shape index (κ3) is 6.97. The molecule has 2 N–H and O–H groups in total. The van der Waals surface area contributed by atoms with Gasteiger partial charge in [0.2, 0.25) is 0 Å². The molecule has 0 fully saturated rings. The van der Waals surface area contributed by atoms with Gasteiger partial charge in [-0.15, -0.1) is 0 Å². The van der Waals surface area contributed by atoms with Crippen LogP contribution in [0.4, 0.5) is 0 Å². The lowest BCUT2D eigenvalue weighted by molar-refractivity contribution is -0.172. The van der Waals surface area contributed by atoms with Gasteiger partial charge in [-0.3, -0.25) is 4.79 Å². The first-order chi connectivity index (χ1) is 7.90. The molecule has 0 amide bonds. The lowest BCUT2D eigenvalue weighted by Gasteiger charge is -2.32. The fourth-order valence-electron chi connectivity index (χ4n) is 1.27. The first-order valence-corrected chi connectivity index (χ1v) is 6.47. The molecule has 0 spiro atoms. The summed E-state index contributed by atoms with van der Waals surface area (Å²) in [6.45, 7) is 14.1. The minimum atomic E-state index is -0.654. The van der Waals surface area contributed by atoms with E-state index in [4.69, 9.17) is 15.2 Å². The maximum Gasteiger partial charge on any atom is 0.314 e. The molecular weight excluding hydrogens is 230 g/mol. The van der Waals surface area contributed by atoms with E-state index in [2.05, 4.69) is 0 Å². The summed E-state index contributed by atoms with van der Waals surface area (Å²) in [5.41, 5.74) is 4.09. The summed E-state index contributed by atoms with van der Waals surface area (Å²) < 4.78 is 11.2. The van der Waals surface area contributed by atoms with Crippen LogP contribution in [0.15, 0.2) is 0 Å². The third-order valence-electron chi connectivity index (χ3n) is 2.52. The van der Waals surface area contributed by atoms with E-state index in [-0.39, 0.29) is 11.6 Å². The van der Waals surface area contributed by atoms with Gasteiger partial charge in [-0.2, -0.15) is 0 Å². The Labute approximate surface area is 111 Å². The van der Waals surface area contributed by atoms with Crippen LogP contribution in [-0.4, -0.2) is 30.3 Å². The molecular formula is C14H29NO3. The van der Waals surface area contributed by atoms with E-state index in [1.807, 2.05) is 48.5 Å². The molecule has 0 aromatic heterocycles. The van der Waals surface area contributed by atoms with Crippen molar-refractivity contribution in [1.82, 2.24) is 0 Å². The van der Waals surface area contributed by atoms with Crippen molar-refractivity contribution in [3.8, 4) is 0 Å². The van der Waals surface area contributed by atoms with Crippen molar-refractivity contribution in [2.75, 3.05) is 13.2 Å². The summed E-state index contributed by atoms with van der Waals surface area (Å²) in [6, 6.07) is 0. The highest BCUT2D eigenvalue weighted by Crippen LogP contribution is 2.25. The molecule has 4 nitrogen and oxygen atoms in total. The van der Waals surface area contributed by atoms with Gasteiger partial charge in [0.15, 0.2) is 0 Å². The zero-order valence-corrected chi connectivity index (χ0v) is 12.9. The van der Waals surface area contributed by atoms with Gasteiger partial charge in [0.05, 0.1) is 17.6 Å². The highest BCUT2D eigenvalue weighted by molar-refractivity contribution is 5.76. The Morgan fingerprint density at radius 1 is 1.06 bits per heavy atom. The first-order valence-electron chi connectivity index (χ1n) is 6.47. The van der Waals surface area contributed by atoms with Crippen molar-refractivity contribution >= 4 is 5.97 Å². The molecule has 0 heterocycles. The Bertz CT molecular complexity index is 277. The Morgan fingerprint density at radius 3 is 1.94 bits per heavy atom. The number of carbonyl (C=O) groups excluding carboxylic acids is 1. The number of hydrogen-bond donors (Lipinski definition) is 1. The van der Waals surface area contributed by atoms with Crippen LogP contribution in [0.3, 0.4) is 0 Å². The topological polar surface area (TPSA) is 61.5 Å². The van der Waals surface area contributed by atoms with Crippen LogP contribution >= 0.6 is 0 Å². The minimum Gasteiger partial charge on any atom is -0.459 e. The summed E-state index contributed by atoms with van der Waals surface area (Å²) in [7, 11) is 0. The number of esters is 1. The molecule has 108 valence electrons. The predicted molar refractivity (Wildman–Crippen MR) is 73.3 cm³/mol. The van der Waals surface area contributed by atoms with Crippen molar-refractivity contribution in [2.24, 2.45) is 11.1 Å². The Balaban J connectivity index is 4.43. The van der Waals surface area contributed by atoms with Crippen LogP contribution in [0.5, 0.6) is 0 Å². The highest BCUT2D eigenvalue weighted by atomic mass is 16.6. The molecule has 0 atom stereocenters. The Morgan fingerprint density at radius 2 is 1.56 bits per heavy atom. The molecule has 0 aliphatic rings. The van der Waals surface area contributed by atoms with Crippen molar-refractivity contribution in [2.45, 2.75) is 66.1 Å². The van der Waals surface area contributed by atoms with Crippen molar-refractivity contribution in [1.29, 1.82) is 0 Å². The van der Waals surface area contributed by atoms with E-state index in [9.17, 15) is 4.79 Å². The normalized spacial score (nSPS) is 13.6. The molecule has 0 saturated carbocycles. The molecule has 0 saturated heterocycles. The van der Waals surface area contributed by atoms with Crippen LogP contribution in [0.25, 0.3) is 0 Å². The fourth-order valence-corrected chi connectivity index (χ4v) is 1.27. The largest absolute Gasteiger partial charge is 0.459 e. The number of carbonyl (C=O) groups is 1. The maximum absolute atomic E-state index is 12.0. The summed E-state index contributed by atoms with van der Waals surface area (Å²) >= 11 is 0. The van der Waals surface area contributed by atoms with E-state index in [0.717, 1.165) is 6.42 Å². The molecule has 0 bridgehead atoms. The second-order valence-corrected chi connectivity index (χ2v) is 6.97. The summed E-state index contributed by atoms with van der Waals surface area (Å²) in [5.74, 6) is -0.237. The van der Waals surface area contributed by atoms with Crippen molar-refractivity contribution in [3.05, 3.63) is 0 Å². The number of rotatable bonds is 6. The SMILES string of the molecule is CC(C)(C)OC(=O)C(C)(C)COC(C)(C)CCN. The number of nitrogens with two attached hydrogens (primary N) is 1. The smallest absolute Gasteiger partial charge is 0.314 e. The number of ether oxygens (including phenoxy) is 2. The molecule has 0 aliphatic carbocycles. The maximum atomic E-state index is 12.0. The van der Waals surface area contributed by atoms with Gasteiger partial charge in [0.25, 0.3) is 0 Å². The van der Waals surface area contributed by atoms with Crippen molar-refractivity contribution in [3.63, 3.8) is 0 Å². The monoisotopic (exact) mass is 259 g/mol. The van der Waals surface area contributed by atoms with E-state index >= 15 is 0 Å². The molecule has 0 radical (unpaired) electrons. The lowest BCUT2D eigenvalue weighted by atomic mass is 9.94. The standard InChI is InChI=1S/C14H29NO3/c1-12(2,3)18-11(16)13(4,5)10-17-14(6,7)8-9-15/h8-10,15H2,1-7H3. The molecule has 0 aliphatic heterocycles. The fraction of sp³-hybridized carbons (Fsp3) is 0.929. The second kappa shape index (κ2) is 6.02. The quantitative estimate of drug-likeness (QED) is 0.744. The van der Waals surface area contributed by atoms with E-state index in [1.165, 1.54) is 0 Å². The van der Waals surface area contributed by atoms with E-state index in [1.54, 1.807) is 0 Å². The molecule has 0 aromatic carbocycles. The zero-order valence-electron chi connectivity index (χ0n) is 12.9. The van der Waals surface area contributed by atoms with E-state index < -0.39 is 11.0 Å². The third-order valence-corrected chi connectivity index (χ3v) is 2.52. The van der Waals surface area contributed by atoms with Gasteiger partial charge in [-0.25, -0.2) is 0 Å². The van der Waals surface area contributed by atoms with Crippen molar-refractivity contribution < 1.29 is 14.3 Å². The average Bonchev–Trinajstić information content (AvgIpc) is 2.12. The van der Waals surface area contributed by atoms with Gasteiger partial charge in [-0.1, -0.05) is 0 Å². The second-order valence-electron chi connectivity index (χ2n) is 6.97. The lowest BCUT2D eigenvalue weighted by Crippen LogP contribution is -2.40. The molecule has 18 heavy (non-hydrogen) atoms. The Hall–Kier alpha value is -0.610. The highest BCUT2D eigenvalue weighted by Gasteiger charge is 2.34. The zero-order chi connectivity index (χ0) is 14.6. The average molecular weight is 259 g/mol. The van der Waals surface area contributed by atoms with Gasteiger partial charge in [0, 0.05) is 0 Å². The molecule has 4 heteroatoms. The van der Waals surface area contributed by atoms with Crippen LogP contribution in [-0.2, 0) is 14.3 Å². The van der Waals surface area contributed by atoms with Gasteiger partial charge < -0.3 is 15.2 Å². The Kier molecular flexibility index (Phi) is 5.82. The molecule has 0 unspecified atom stereocenters. The van der Waals surface area contributed by atoms with Gasteiger partial charge in [0.1, 0.15) is 5.60 Å². The molecule has 0 aromatic rings. The summed E-state index contributed by atoms with van der Waals surface area (Å²) in [5, 5.41) is 0. The molecule has 0 rings (SSSR count). The predicted octanol–water partition coefficient (Wildman–Crippen LogP) is 2.50. The van der Waals surface area contributed by atoms with Crippen LogP contribution in [0, 0.1) is 5.41 Å². The number of hydrogen-bond acceptors (Lipinski definition) is 4. The minimum absolute atomic E-state index is 0.237. The van der Waals surface area contributed by atoms with Crippen LogP contribution in [0.1, 0.15) is 54.9 Å². The van der Waals surface area contributed by atoms with Gasteiger partial charge in [-0.05, 0) is 61.4 Å². The van der Waals surface area contributed by atoms with Crippen LogP contribution in [0.2, 0.25) is 0 Å². The first kappa shape index (κ1) is 17.4. The summed E-state index contributed by atoms with van der Waals surface area (Å²) in [4.78, 5) is 12.0. The van der Waals surface area contributed by atoms with Crippen LogP contribution < -0.4 is 5.73 Å². The van der Waals surface area contributed by atoms with E-state index in [0.29, 0.717) is 13.2 Å². The summed E-state index contributed by atoms with van der Waals surface area (Å²) in [6.07, 6.45) is 0.761.